The van der Waals surface area contributed by atoms with Gasteiger partial charge in [0, 0.05) is 5.88 Å². The predicted octanol–water partition coefficient (Wildman–Crippen LogP) is 1.51. The number of aryl methyl sites for hydroxylation is 2. The molecule has 3 aromatic rings. The molecule has 1 aromatic carbocycles. The molecule has 0 radical (unpaired) electrons. The summed E-state index contributed by atoms with van der Waals surface area (Å²) in [7, 11) is 0. The van der Waals surface area contributed by atoms with Gasteiger partial charge in [-0.25, -0.2) is 9.67 Å². The van der Waals surface area contributed by atoms with Crippen LogP contribution in [-0.2, 0) is 0 Å². The number of hydrogen-bond acceptors (Lipinski definition) is 4. The van der Waals surface area contributed by atoms with Gasteiger partial charge in [0.25, 0.3) is 0 Å². The second-order valence-corrected chi connectivity index (χ2v) is 4.24. The zero-order valence-electron chi connectivity index (χ0n) is 10.1. The molecular weight excluding hydrogens is 228 g/mol. The fraction of sp³-hybridized carbons (Fsp3) is 0.154. The fourth-order valence-electron chi connectivity index (χ4n) is 1.87. The minimum Gasteiger partial charge on any atom is -0.858 e. The van der Waals surface area contributed by atoms with E-state index in [1.807, 2.05) is 25.1 Å². The first-order chi connectivity index (χ1) is 8.66. The van der Waals surface area contributed by atoms with Crippen molar-refractivity contribution >= 4 is 11.0 Å². The van der Waals surface area contributed by atoms with Crippen LogP contribution < -0.4 is 5.11 Å². The third-order valence-electron chi connectivity index (χ3n) is 3.06. The first-order valence-electron chi connectivity index (χ1n) is 5.60. The maximum absolute atomic E-state index is 11.5. The van der Waals surface area contributed by atoms with Crippen molar-refractivity contribution < 1.29 is 5.11 Å². The number of benzene rings is 1. The lowest BCUT2D eigenvalue weighted by molar-refractivity contribution is -0.272. The molecule has 2 aromatic heterocycles. The van der Waals surface area contributed by atoms with Crippen LogP contribution in [0, 0.1) is 13.8 Å². The summed E-state index contributed by atoms with van der Waals surface area (Å²) in [4.78, 5) is 7.75. The fourth-order valence-corrected chi connectivity index (χ4v) is 1.87. The largest absolute Gasteiger partial charge is 0.858 e. The van der Waals surface area contributed by atoms with Crippen LogP contribution in [0.25, 0.3) is 16.7 Å². The lowest BCUT2D eigenvalue weighted by atomic mass is 10.1. The van der Waals surface area contributed by atoms with Gasteiger partial charge in [-0.15, -0.1) is 0 Å². The molecule has 0 aliphatic heterocycles. The van der Waals surface area contributed by atoms with Gasteiger partial charge in [-0.2, -0.15) is 5.10 Å². The molecule has 0 saturated carbocycles. The SMILES string of the molecule is Cc1ccc(-n2ncc3c([O-])ncnc32)cc1C. The zero-order valence-corrected chi connectivity index (χ0v) is 10.1. The lowest BCUT2D eigenvalue weighted by Gasteiger charge is -2.07. The van der Waals surface area contributed by atoms with Crippen molar-refractivity contribution in [2.24, 2.45) is 0 Å². The van der Waals surface area contributed by atoms with E-state index in [4.69, 9.17) is 0 Å². The van der Waals surface area contributed by atoms with Crippen LogP contribution in [0.2, 0.25) is 0 Å². The molecule has 0 saturated heterocycles. The van der Waals surface area contributed by atoms with Crippen molar-refractivity contribution in [1.82, 2.24) is 19.7 Å². The second-order valence-electron chi connectivity index (χ2n) is 4.24. The van der Waals surface area contributed by atoms with Gasteiger partial charge in [0.15, 0.2) is 5.65 Å². The standard InChI is InChI=1S/C13H12N4O/c1-8-3-4-10(5-9(8)2)17-12-11(6-16-17)13(18)15-7-14-12/h3-7H,1-2H3,(H,14,15,18)/p-1. The molecule has 3 rings (SSSR count). The smallest absolute Gasteiger partial charge is 0.165 e. The van der Waals surface area contributed by atoms with Crippen molar-refractivity contribution in [3.63, 3.8) is 0 Å². The van der Waals surface area contributed by atoms with Crippen LogP contribution in [0.3, 0.4) is 0 Å². The molecule has 0 amide bonds. The molecule has 0 spiro atoms. The Bertz CT molecular complexity index is 733. The van der Waals surface area contributed by atoms with Gasteiger partial charge < -0.3 is 5.11 Å². The Kier molecular flexibility index (Phi) is 2.26. The van der Waals surface area contributed by atoms with Crippen LogP contribution in [-0.4, -0.2) is 19.7 Å². The van der Waals surface area contributed by atoms with E-state index in [-0.39, 0.29) is 5.88 Å². The van der Waals surface area contributed by atoms with Crippen LogP contribution >= 0.6 is 0 Å². The van der Waals surface area contributed by atoms with Gasteiger partial charge >= 0.3 is 0 Å². The summed E-state index contributed by atoms with van der Waals surface area (Å²) in [6.45, 7) is 4.09. The summed E-state index contributed by atoms with van der Waals surface area (Å²) < 4.78 is 1.66. The molecule has 0 bridgehead atoms. The monoisotopic (exact) mass is 239 g/mol. The van der Waals surface area contributed by atoms with E-state index in [2.05, 4.69) is 22.0 Å². The highest BCUT2D eigenvalue weighted by Crippen LogP contribution is 2.21. The molecule has 0 atom stereocenters. The number of aromatic nitrogens is 4. The number of hydrogen-bond donors (Lipinski definition) is 0. The summed E-state index contributed by atoms with van der Waals surface area (Å²) in [6, 6.07) is 6.01. The molecule has 90 valence electrons. The van der Waals surface area contributed by atoms with Gasteiger partial charge in [-0.3, -0.25) is 4.98 Å². The number of rotatable bonds is 1. The van der Waals surface area contributed by atoms with Crippen LogP contribution in [0.5, 0.6) is 5.88 Å². The van der Waals surface area contributed by atoms with Gasteiger partial charge in [0.1, 0.15) is 6.33 Å². The van der Waals surface area contributed by atoms with Crippen molar-refractivity contribution in [1.29, 1.82) is 0 Å². The molecule has 0 unspecified atom stereocenters. The zero-order chi connectivity index (χ0) is 12.7. The molecular formula is C13H11N4O-. The molecule has 5 nitrogen and oxygen atoms in total. The molecule has 18 heavy (non-hydrogen) atoms. The Balaban J connectivity index is 2.25. The molecule has 0 fully saturated rings. The van der Waals surface area contributed by atoms with Crippen molar-refractivity contribution in [3.05, 3.63) is 41.9 Å². The van der Waals surface area contributed by atoms with Gasteiger partial charge in [0.2, 0.25) is 0 Å². The highest BCUT2D eigenvalue weighted by molar-refractivity contribution is 5.80. The summed E-state index contributed by atoms with van der Waals surface area (Å²) in [5.41, 5.74) is 3.83. The van der Waals surface area contributed by atoms with Crippen molar-refractivity contribution in [3.8, 4) is 11.6 Å². The average molecular weight is 239 g/mol. The van der Waals surface area contributed by atoms with E-state index >= 15 is 0 Å². The normalized spacial score (nSPS) is 11.0. The molecule has 0 aliphatic carbocycles. The van der Waals surface area contributed by atoms with E-state index in [1.54, 1.807) is 4.68 Å². The molecule has 5 heteroatoms. The van der Waals surface area contributed by atoms with Crippen LogP contribution in [0.4, 0.5) is 0 Å². The Morgan fingerprint density at radius 3 is 2.72 bits per heavy atom. The van der Waals surface area contributed by atoms with E-state index in [0.717, 1.165) is 5.69 Å². The second kappa shape index (κ2) is 3.80. The first-order valence-corrected chi connectivity index (χ1v) is 5.60. The average Bonchev–Trinajstić information content (AvgIpc) is 2.78. The first kappa shape index (κ1) is 10.7. The highest BCUT2D eigenvalue weighted by atomic mass is 16.3. The highest BCUT2D eigenvalue weighted by Gasteiger charge is 2.07. The third-order valence-corrected chi connectivity index (χ3v) is 3.06. The maximum Gasteiger partial charge on any atom is 0.165 e. The molecule has 0 aliphatic rings. The number of nitrogens with zero attached hydrogens (tertiary/aromatic N) is 4. The Morgan fingerprint density at radius 2 is 1.94 bits per heavy atom. The van der Waals surface area contributed by atoms with E-state index in [9.17, 15) is 5.11 Å². The van der Waals surface area contributed by atoms with Crippen LogP contribution in [0.1, 0.15) is 11.1 Å². The topological polar surface area (TPSA) is 66.7 Å². The van der Waals surface area contributed by atoms with Gasteiger partial charge in [-0.05, 0) is 37.1 Å². The summed E-state index contributed by atoms with van der Waals surface area (Å²) in [5.74, 6) is -0.296. The minimum absolute atomic E-state index is 0.296. The molecule has 2 heterocycles. The van der Waals surface area contributed by atoms with Gasteiger partial charge in [-0.1, -0.05) is 6.07 Å². The Morgan fingerprint density at radius 1 is 1.11 bits per heavy atom. The third kappa shape index (κ3) is 1.52. The van der Waals surface area contributed by atoms with Gasteiger partial charge in [0.05, 0.1) is 17.3 Å². The maximum atomic E-state index is 11.5. The summed E-state index contributed by atoms with van der Waals surface area (Å²) in [5, 5.41) is 16.2. The Labute approximate surface area is 104 Å². The quantitative estimate of drug-likeness (QED) is 0.645. The van der Waals surface area contributed by atoms with E-state index in [1.165, 1.54) is 23.7 Å². The Hall–Kier alpha value is -2.43. The van der Waals surface area contributed by atoms with E-state index < -0.39 is 0 Å². The molecule has 0 N–H and O–H groups in total. The summed E-state index contributed by atoms with van der Waals surface area (Å²) >= 11 is 0. The summed E-state index contributed by atoms with van der Waals surface area (Å²) in [6.07, 6.45) is 2.77. The minimum atomic E-state index is -0.296. The lowest BCUT2D eigenvalue weighted by Crippen LogP contribution is -2.00. The van der Waals surface area contributed by atoms with Crippen molar-refractivity contribution in [2.75, 3.05) is 0 Å². The van der Waals surface area contributed by atoms with Crippen LogP contribution in [0.15, 0.2) is 30.7 Å². The number of fused-ring (bicyclic) bond motifs is 1. The predicted molar refractivity (Wildman–Crippen MR) is 65.6 cm³/mol. The van der Waals surface area contributed by atoms with E-state index in [0.29, 0.717) is 11.0 Å². The van der Waals surface area contributed by atoms with Crippen molar-refractivity contribution in [2.45, 2.75) is 13.8 Å².